The zero-order chi connectivity index (χ0) is 27.8. The zero-order valence-corrected chi connectivity index (χ0v) is 22.1. The van der Waals surface area contributed by atoms with E-state index in [2.05, 4.69) is 75.4 Å². The van der Waals surface area contributed by atoms with Crippen LogP contribution >= 0.6 is 11.6 Å². The van der Waals surface area contributed by atoms with Gasteiger partial charge in [0.15, 0.2) is 0 Å². The topological polar surface area (TPSA) is 119 Å². The molecule has 0 atom stereocenters. The van der Waals surface area contributed by atoms with Gasteiger partial charge in [0.2, 0.25) is 0 Å². The number of halogens is 1. The van der Waals surface area contributed by atoms with Gasteiger partial charge in [-0.1, -0.05) is 48.0 Å². The number of H-pyrrole nitrogens is 1. The summed E-state index contributed by atoms with van der Waals surface area (Å²) >= 11 is 6.09. The summed E-state index contributed by atoms with van der Waals surface area (Å²) < 4.78 is 1.93. The molecule has 1 saturated heterocycles. The summed E-state index contributed by atoms with van der Waals surface area (Å²) in [6, 6.07) is 27.0. The third-order valence-electron chi connectivity index (χ3n) is 6.78. The number of fused-ring (bicyclic) bond motifs is 1. The van der Waals surface area contributed by atoms with Crippen molar-refractivity contribution in [3.8, 4) is 0 Å². The lowest BCUT2D eigenvalue weighted by molar-refractivity contribution is -0.159. The fourth-order valence-corrected chi connectivity index (χ4v) is 5.11. The first-order valence-electron chi connectivity index (χ1n) is 12.8. The number of nitrogens with zero attached hydrogens (tertiary/aromatic N) is 3. The second kappa shape index (κ2) is 13.1. The van der Waals surface area contributed by atoms with E-state index in [1.807, 2.05) is 22.8 Å². The molecule has 204 valence electrons. The van der Waals surface area contributed by atoms with Gasteiger partial charge < -0.3 is 25.0 Å². The minimum Gasteiger partial charge on any atom is -0.473 e. The van der Waals surface area contributed by atoms with Crippen molar-refractivity contribution in [2.24, 2.45) is 0 Å². The summed E-state index contributed by atoms with van der Waals surface area (Å²) in [5.41, 5.74) is 4.18. The van der Waals surface area contributed by atoms with Crippen LogP contribution in [0.5, 0.6) is 0 Å². The summed E-state index contributed by atoms with van der Waals surface area (Å²) in [6.07, 6.45) is 3.05. The molecule has 1 aliphatic rings. The van der Waals surface area contributed by atoms with Gasteiger partial charge in [-0.05, 0) is 68.3 Å². The standard InChI is InChI=1S/C27H29ClN4O.C2H2O4/c28-21-12-13-26-25(20-21)29-27(33)32(26)24-14-18-30(19-15-24)16-7-17-31(22-8-3-1-4-9-22)23-10-5-2-6-11-23;3-1(4)2(5)6/h1-6,8-13,20,24H,7,14-19H2,(H,29,33);(H,3,4)(H,5,6). The van der Waals surface area contributed by atoms with Gasteiger partial charge in [-0.25, -0.2) is 14.4 Å². The molecule has 10 heteroatoms. The van der Waals surface area contributed by atoms with E-state index in [0.29, 0.717) is 5.02 Å². The molecule has 1 aliphatic heterocycles. The highest BCUT2D eigenvalue weighted by Crippen LogP contribution is 2.27. The maximum atomic E-state index is 12.6. The molecular weight excluding hydrogens is 520 g/mol. The van der Waals surface area contributed by atoms with Crippen molar-refractivity contribution in [3.63, 3.8) is 0 Å². The fraction of sp³-hybridized carbons (Fsp3) is 0.276. The van der Waals surface area contributed by atoms with Gasteiger partial charge in [-0.3, -0.25) is 4.57 Å². The van der Waals surface area contributed by atoms with Crippen LogP contribution in [0.3, 0.4) is 0 Å². The summed E-state index contributed by atoms with van der Waals surface area (Å²) in [7, 11) is 0. The number of imidazole rings is 1. The summed E-state index contributed by atoms with van der Waals surface area (Å²) in [5.74, 6) is -3.65. The molecule has 1 aromatic heterocycles. The number of rotatable bonds is 7. The Morgan fingerprint density at radius 2 is 1.46 bits per heavy atom. The average molecular weight is 551 g/mol. The number of aromatic amines is 1. The molecular formula is C29H31ClN4O5. The first-order chi connectivity index (χ1) is 18.8. The molecule has 0 amide bonds. The molecule has 0 unspecified atom stereocenters. The molecule has 2 heterocycles. The van der Waals surface area contributed by atoms with Crippen LogP contribution in [0.4, 0.5) is 11.4 Å². The lowest BCUT2D eigenvalue weighted by atomic mass is 10.0. The molecule has 0 saturated carbocycles. The minimum absolute atomic E-state index is 0.0351. The van der Waals surface area contributed by atoms with Gasteiger partial charge in [0, 0.05) is 42.1 Å². The van der Waals surface area contributed by atoms with Crippen LogP contribution < -0.4 is 10.6 Å². The van der Waals surface area contributed by atoms with Crippen molar-refractivity contribution in [1.29, 1.82) is 0 Å². The number of aromatic nitrogens is 2. The monoisotopic (exact) mass is 550 g/mol. The van der Waals surface area contributed by atoms with Crippen LogP contribution in [0.1, 0.15) is 25.3 Å². The van der Waals surface area contributed by atoms with Crippen molar-refractivity contribution >= 4 is 45.9 Å². The van der Waals surface area contributed by atoms with Crippen molar-refractivity contribution in [1.82, 2.24) is 14.5 Å². The van der Waals surface area contributed by atoms with Gasteiger partial charge in [0.1, 0.15) is 0 Å². The van der Waals surface area contributed by atoms with E-state index in [1.165, 1.54) is 11.4 Å². The Morgan fingerprint density at radius 3 is 2.00 bits per heavy atom. The highest BCUT2D eigenvalue weighted by atomic mass is 35.5. The van der Waals surface area contributed by atoms with Crippen molar-refractivity contribution in [3.05, 3.63) is 94.4 Å². The summed E-state index contributed by atoms with van der Waals surface area (Å²) in [6.45, 7) is 4.04. The van der Waals surface area contributed by atoms with Gasteiger partial charge in [-0.2, -0.15) is 0 Å². The second-order valence-electron chi connectivity index (χ2n) is 9.32. The largest absolute Gasteiger partial charge is 0.473 e. The maximum absolute atomic E-state index is 12.6. The van der Waals surface area contributed by atoms with E-state index in [-0.39, 0.29) is 11.7 Å². The highest BCUT2D eigenvalue weighted by molar-refractivity contribution is 6.31. The first-order valence-corrected chi connectivity index (χ1v) is 13.2. The predicted molar refractivity (Wildman–Crippen MR) is 152 cm³/mol. The number of carboxylic acids is 2. The molecule has 5 rings (SSSR count). The Kier molecular flexibility index (Phi) is 9.40. The number of carbonyl (C=O) groups is 2. The van der Waals surface area contributed by atoms with Crippen LogP contribution in [0.25, 0.3) is 11.0 Å². The number of para-hydroxylation sites is 2. The molecule has 3 aromatic carbocycles. The molecule has 0 spiro atoms. The number of aliphatic carboxylic acids is 2. The molecule has 3 N–H and O–H groups in total. The van der Waals surface area contributed by atoms with E-state index in [0.717, 1.165) is 56.5 Å². The number of hydrogen-bond acceptors (Lipinski definition) is 5. The van der Waals surface area contributed by atoms with Crippen LogP contribution in [0, 0.1) is 0 Å². The molecule has 0 radical (unpaired) electrons. The van der Waals surface area contributed by atoms with Crippen molar-refractivity contribution in [2.75, 3.05) is 31.1 Å². The highest BCUT2D eigenvalue weighted by Gasteiger charge is 2.23. The molecule has 4 aromatic rings. The van der Waals surface area contributed by atoms with E-state index in [9.17, 15) is 4.79 Å². The Morgan fingerprint density at radius 1 is 0.897 bits per heavy atom. The number of carboxylic acid groups (broad SMARTS) is 2. The van der Waals surface area contributed by atoms with Crippen LogP contribution in [0.2, 0.25) is 5.02 Å². The first kappa shape index (κ1) is 27.9. The van der Waals surface area contributed by atoms with Crippen LogP contribution in [-0.4, -0.2) is 62.8 Å². The van der Waals surface area contributed by atoms with Gasteiger partial charge >= 0.3 is 17.6 Å². The van der Waals surface area contributed by atoms with Crippen molar-refractivity contribution in [2.45, 2.75) is 25.3 Å². The zero-order valence-electron chi connectivity index (χ0n) is 21.4. The quantitative estimate of drug-likeness (QED) is 0.277. The Hall–Kier alpha value is -4.08. The maximum Gasteiger partial charge on any atom is 0.414 e. The fourth-order valence-electron chi connectivity index (χ4n) is 4.94. The second-order valence-corrected chi connectivity index (χ2v) is 9.76. The van der Waals surface area contributed by atoms with Gasteiger partial charge in [0.25, 0.3) is 0 Å². The van der Waals surface area contributed by atoms with E-state index in [1.54, 1.807) is 0 Å². The van der Waals surface area contributed by atoms with Crippen LogP contribution in [0.15, 0.2) is 83.7 Å². The predicted octanol–water partition coefficient (Wildman–Crippen LogP) is 5.00. The minimum atomic E-state index is -1.82. The Balaban J connectivity index is 0.000000531. The average Bonchev–Trinajstić information content (AvgIpc) is 3.27. The van der Waals surface area contributed by atoms with Crippen molar-refractivity contribution < 1.29 is 19.8 Å². The molecule has 9 nitrogen and oxygen atoms in total. The summed E-state index contributed by atoms with van der Waals surface area (Å²) in [4.78, 5) is 38.7. The number of likely N-dealkylation sites (tertiary alicyclic amines) is 1. The molecule has 0 bridgehead atoms. The summed E-state index contributed by atoms with van der Waals surface area (Å²) in [5, 5.41) is 15.4. The third kappa shape index (κ3) is 7.28. The SMILES string of the molecule is O=C(O)C(=O)O.O=c1[nH]c2cc(Cl)ccc2n1C1CCN(CCCN(c2ccccc2)c2ccccc2)CC1. The molecule has 39 heavy (non-hydrogen) atoms. The van der Waals surface area contributed by atoms with Gasteiger partial charge in [-0.15, -0.1) is 0 Å². The smallest absolute Gasteiger partial charge is 0.414 e. The number of anilines is 2. The van der Waals surface area contributed by atoms with E-state index < -0.39 is 11.9 Å². The lowest BCUT2D eigenvalue weighted by Crippen LogP contribution is -2.38. The van der Waals surface area contributed by atoms with E-state index in [4.69, 9.17) is 31.4 Å². The van der Waals surface area contributed by atoms with Gasteiger partial charge in [0.05, 0.1) is 11.0 Å². The Bertz CT molecular complexity index is 1400. The molecule has 0 aliphatic carbocycles. The molecule has 1 fully saturated rings. The number of hydrogen-bond donors (Lipinski definition) is 3. The Labute approximate surface area is 230 Å². The van der Waals surface area contributed by atoms with Crippen LogP contribution in [-0.2, 0) is 9.59 Å². The lowest BCUT2D eigenvalue weighted by Gasteiger charge is -2.33. The third-order valence-corrected chi connectivity index (χ3v) is 7.01. The van der Waals surface area contributed by atoms with E-state index >= 15 is 0 Å². The number of benzene rings is 3. The number of piperidine rings is 1. The number of nitrogens with one attached hydrogen (secondary N) is 1. The normalized spacial score (nSPS) is 14.0.